The number of pyridine rings is 1. The van der Waals surface area contributed by atoms with Gasteiger partial charge in [0.15, 0.2) is 0 Å². The summed E-state index contributed by atoms with van der Waals surface area (Å²) in [7, 11) is 1.07. The molecular formula is C10H11F3N2O4. The maximum absolute atomic E-state index is 12.2. The SMILES string of the molecule is COC(=O)Cc1c(OC(F)(F)F)ncc(O)c1CN. The summed E-state index contributed by atoms with van der Waals surface area (Å²) in [4.78, 5) is 14.5. The molecule has 0 amide bonds. The van der Waals surface area contributed by atoms with Crippen LogP contribution in [-0.2, 0) is 22.5 Å². The average Bonchev–Trinajstić information content (AvgIpc) is 2.31. The van der Waals surface area contributed by atoms with Gasteiger partial charge in [0.2, 0.25) is 5.88 Å². The molecule has 106 valence electrons. The molecule has 1 rings (SSSR count). The van der Waals surface area contributed by atoms with Gasteiger partial charge in [-0.3, -0.25) is 4.79 Å². The van der Waals surface area contributed by atoms with E-state index >= 15 is 0 Å². The topological polar surface area (TPSA) is 94.7 Å². The summed E-state index contributed by atoms with van der Waals surface area (Å²) in [5.41, 5.74) is 5.01. The number of methoxy groups -OCH3 is 1. The van der Waals surface area contributed by atoms with Gasteiger partial charge in [0.1, 0.15) is 5.75 Å². The summed E-state index contributed by atoms with van der Waals surface area (Å²) in [5.74, 6) is -2.07. The van der Waals surface area contributed by atoms with Crippen molar-refractivity contribution in [1.29, 1.82) is 0 Å². The van der Waals surface area contributed by atoms with Gasteiger partial charge in [-0.15, -0.1) is 13.2 Å². The fourth-order valence-electron chi connectivity index (χ4n) is 1.38. The highest BCUT2D eigenvalue weighted by molar-refractivity contribution is 5.74. The van der Waals surface area contributed by atoms with Crippen LogP contribution in [0.3, 0.4) is 0 Å². The lowest BCUT2D eigenvalue weighted by Gasteiger charge is -2.15. The second-order valence-corrected chi connectivity index (χ2v) is 3.41. The first-order valence-corrected chi connectivity index (χ1v) is 5.00. The molecule has 1 aromatic heterocycles. The Kier molecular flexibility index (Phi) is 4.54. The van der Waals surface area contributed by atoms with Crippen LogP contribution >= 0.6 is 0 Å². The molecule has 6 nitrogen and oxygen atoms in total. The normalized spacial score (nSPS) is 11.2. The number of nitrogens with zero attached hydrogens (tertiary/aromatic N) is 1. The van der Waals surface area contributed by atoms with E-state index in [2.05, 4.69) is 14.5 Å². The third-order valence-electron chi connectivity index (χ3n) is 2.20. The number of halogens is 3. The molecule has 0 aromatic carbocycles. The highest BCUT2D eigenvalue weighted by Gasteiger charge is 2.34. The number of carbonyl (C=O) groups is 1. The summed E-state index contributed by atoms with van der Waals surface area (Å²) in [6.07, 6.45) is -4.75. The number of aromatic nitrogens is 1. The summed E-state index contributed by atoms with van der Waals surface area (Å²) in [6.45, 7) is -0.283. The second-order valence-electron chi connectivity index (χ2n) is 3.41. The molecule has 0 unspecified atom stereocenters. The van der Waals surface area contributed by atoms with Gasteiger partial charge in [0, 0.05) is 17.7 Å². The molecule has 19 heavy (non-hydrogen) atoms. The molecule has 0 saturated heterocycles. The molecule has 0 aliphatic heterocycles. The lowest BCUT2D eigenvalue weighted by atomic mass is 10.1. The summed E-state index contributed by atoms with van der Waals surface area (Å²) < 4.78 is 44.7. The highest BCUT2D eigenvalue weighted by Crippen LogP contribution is 2.31. The molecule has 1 heterocycles. The molecule has 0 bridgehead atoms. The Morgan fingerprint density at radius 1 is 1.47 bits per heavy atom. The van der Waals surface area contributed by atoms with Crippen molar-refractivity contribution in [2.24, 2.45) is 5.73 Å². The van der Waals surface area contributed by atoms with Crippen molar-refractivity contribution < 1.29 is 32.5 Å². The fraction of sp³-hybridized carbons (Fsp3) is 0.400. The smallest absolute Gasteiger partial charge is 0.506 e. The third-order valence-corrected chi connectivity index (χ3v) is 2.20. The maximum atomic E-state index is 12.2. The number of aromatic hydroxyl groups is 1. The van der Waals surface area contributed by atoms with E-state index in [4.69, 9.17) is 5.73 Å². The molecule has 0 aliphatic carbocycles. The largest absolute Gasteiger partial charge is 0.574 e. The molecule has 1 aromatic rings. The molecule has 9 heteroatoms. The van der Waals surface area contributed by atoms with Crippen LogP contribution in [0, 0.1) is 0 Å². The quantitative estimate of drug-likeness (QED) is 0.794. The Balaban J connectivity index is 3.25. The zero-order valence-electron chi connectivity index (χ0n) is 9.82. The molecule has 0 atom stereocenters. The zero-order valence-corrected chi connectivity index (χ0v) is 9.82. The number of rotatable bonds is 4. The van der Waals surface area contributed by atoms with Crippen molar-refractivity contribution in [3.05, 3.63) is 17.3 Å². The van der Waals surface area contributed by atoms with Crippen LogP contribution in [0.25, 0.3) is 0 Å². The van der Waals surface area contributed by atoms with Crippen molar-refractivity contribution in [2.45, 2.75) is 19.3 Å². The average molecular weight is 280 g/mol. The number of alkyl halides is 3. The molecule has 0 radical (unpaired) electrons. The summed E-state index contributed by atoms with van der Waals surface area (Å²) in [5, 5.41) is 9.47. The van der Waals surface area contributed by atoms with Gasteiger partial charge in [-0.1, -0.05) is 0 Å². The molecule has 3 N–H and O–H groups in total. The number of hydrogen-bond donors (Lipinski definition) is 2. The van der Waals surface area contributed by atoms with Gasteiger partial charge >= 0.3 is 12.3 Å². The van der Waals surface area contributed by atoms with Gasteiger partial charge < -0.3 is 20.3 Å². The maximum Gasteiger partial charge on any atom is 0.574 e. The Labute approximate surface area is 105 Å². The van der Waals surface area contributed by atoms with Crippen LogP contribution in [-0.4, -0.2) is 29.5 Å². The second kappa shape index (κ2) is 5.74. The Hall–Kier alpha value is -2.03. The Morgan fingerprint density at radius 3 is 2.58 bits per heavy atom. The van der Waals surface area contributed by atoms with Gasteiger partial charge in [-0.2, -0.15) is 0 Å². The van der Waals surface area contributed by atoms with Gasteiger partial charge in [0.05, 0.1) is 19.7 Å². The molecule has 0 saturated carbocycles. The molecule has 0 aliphatic rings. The number of carbonyl (C=O) groups excluding carboxylic acids is 1. The van der Waals surface area contributed by atoms with E-state index in [0.29, 0.717) is 0 Å². The van der Waals surface area contributed by atoms with Crippen LogP contribution in [0.4, 0.5) is 13.2 Å². The van der Waals surface area contributed by atoms with Crippen molar-refractivity contribution >= 4 is 5.97 Å². The lowest BCUT2D eigenvalue weighted by Crippen LogP contribution is -2.21. The van der Waals surface area contributed by atoms with Crippen molar-refractivity contribution in [1.82, 2.24) is 4.98 Å². The van der Waals surface area contributed by atoms with Crippen molar-refractivity contribution in [3.63, 3.8) is 0 Å². The predicted molar refractivity (Wildman–Crippen MR) is 56.2 cm³/mol. The van der Waals surface area contributed by atoms with Crippen LogP contribution in [0.2, 0.25) is 0 Å². The number of esters is 1. The van der Waals surface area contributed by atoms with E-state index in [9.17, 15) is 23.1 Å². The Morgan fingerprint density at radius 2 is 2.11 bits per heavy atom. The van der Waals surface area contributed by atoms with E-state index in [0.717, 1.165) is 13.3 Å². The van der Waals surface area contributed by atoms with E-state index in [1.807, 2.05) is 0 Å². The van der Waals surface area contributed by atoms with E-state index < -0.39 is 30.4 Å². The van der Waals surface area contributed by atoms with Crippen LogP contribution in [0.15, 0.2) is 6.20 Å². The van der Waals surface area contributed by atoms with Crippen molar-refractivity contribution in [3.8, 4) is 11.6 Å². The van der Waals surface area contributed by atoms with E-state index in [1.165, 1.54) is 0 Å². The zero-order chi connectivity index (χ0) is 14.6. The molecular weight excluding hydrogens is 269 g/mol. The minimum atomic E-state index is -4.97. The lowest BCUT2D eigenvalue weighted by molar-refractivity contribution is -0.276. The number of ether oxygens (including phenoxy) is 2. The highest BCUT2D eigenvalue weighted by atomic mass is 19.4. The van der Waals surface area contributed by atoms with Crippen LogP contribution in [0.1, 0.15) is 11.1 Å². The first-order valence-electron chi connectivity index (χ1n) is 5.00. The minimum absolute atomic E-state index is 0.0559. The predicted octanol–water partition coefficient (Wildman–Crippen LogP) is 0.860. The van der Waals surface area contributed by atoms with E-state index in [1.54, 1.807) is 0 Å². The fourth-order valence-corrected chi connectivity index (χ4v) is 1.38. The monoisotopic (exact) mass is 280 g/mol. The van der Waals surface area contributed by atoms with E-state index in [-0.39, 0.29) is 17.7 Å². The van der Waals surface area contributed by atoms with Gasteiger partial charge in [-0.25, -0.2) is 4.98 Å². The van der Waals surface area contributed by atoms with Crippen LogP contribution < -0.4 is 10.5 Å². The number of nitrogens with two attached hydrogens (primary N) is 1. The van der Waals surface area contributed by atoms with Gasteiger partial charge in [0.25, 0.3) is 0 Å². The summed E-state index contributed by atoms with van der Waals surface area (Å²) >= 11 is 0. The Bertz CT molecular complexity index is 477. The first kappa shape index (κ1) is 15.0. The van der Waals surface area contributed by atoms with Crippen LogP contribution in [0.5, 0.6) is 11.6 Å². The molecule has 0 fully saturated rings. The summed E-state index contributed by atoms with van der Waals surface area (Å²) in [6, 6.07) is 0. The van der Waals surface area contributed by atoms with Gasteiger partial charge in [-0.05, 0) is 0 Å². The first-order chi connectivity index (χ1) is 8.78. The van der Waals surface area contributed by atoms with Crippen molar-refractivity contribution in [2.75, 3.05) is 7.11 Å². The third kappa shape index (κ3) is 3.98. The molecule has 0 spiro atoms. The number of hydrogen-bond acceptors (Lipinski definition) is 6. The minimum Gasteiger partial charge on any atom is -0.506 e. The standard InChI is InChI=1S/C10H11F3N2O4/c1-18-8(17)2-5-6(3-14)7(16)4-15-9(5)19-10(11,12)13/h4,16H,2-3,14H2,1H3.